The first kappa shape index (κ1) is 14.9. The van der Waals surface area contributed by atoms with Gasteiger partial charge in [-0.1, -0.05) is 32.9 Å². The predicted octanol–water partition coefficient (Wildman–Crippen LogP) is 4.82. The molecule has 0 aromatic heterocycles. The molecule has 2 nitrogen and oxygen atoms in total. The summed E-state index contributed by atoms with van der Waals surface area (Å²) < 4.78 is 0. The number of nitriles is 1. The molecule has 1 fully saturated rings. The van der Waals surface area contributed by atoms with E-state index in [1.165, 1.54) is 25.7 Å². The molecule has 108 valence electrons. The van der Waals surface area contributed by atoms with Gasteiger partial charge in [-0.05, 0) is 55.1 Å². The third kappa shape index (κ3) is 3.76. The van der Waals surface area contributed by atoms with Gasteiger partial charge in [0.25, 0.3) is 0 Å². The van der Waals surface area contributed by atoms with E-state index >= 15 is 0 Å². The van der Waals surface area contributed by atoms with E-state index in [4.69, 9.17) is 5.26 Å². The van der Waals surface area contributed by atoms with E-state index in [9.17, 15) is 0 Å². The monoisotopic (exact) mass is 270 g/mol. The lowest BCUT2D eigenvalue weighted by Crippen LogP contribution is -2.28. The summed E-state index contributed by atoms with van der Waals surface area (Å²) in [6, 6.07) is 10.0. The van der Waals surface area contributed by atoms with E-state index in [1.807, 2.05) is 24.3 Å². The van der Waals surface area contributed by atoms with Gasteiger partial charge in [0.15, 0.2) is 0 Å². The van der Waals surface area contributed by atoms with Crippen LogP contribution in [0.5, 0.6) is 0 Å². The first-order chi connectivity index (χ1) is 9.50. The minimum Gasteiger partial charge on any atom is -0.384 e. The van der Waals surface area contributed by atoms with Crippen LogP contribution < -0.4 is 5.32 Å². The van der Waals surface area contributed by atoms with Crippen LogP contribution in [0.1, 0.15) is 52.0 Å². The Morgan fingerprint density at radius 1 is 1.15 bits per heavy atom. The van der Waals surface area contributed by atoms with E-state index in [2.05, 4.69) is 32.2 Å². The van der Waals surface area contributed by atoms with Gasteiger partial charge in [0.1, 0.15) is 6.07 Å². The normalized spacial score (nSPS) is 23.1. The zero-order valence-corrected chi connectivity index (χ0v) is 12.9. The van der Waals surface area contributed by atoms with Crippen LogP contribution in [0.4, 0.5) is 5.69 Å². The highest BCUT2D eigenvalue weighted by Gasteiger charge is 2.29. The van der Waals surface area contributed by atoms with Gasteiger partial charge in [0.05, 0.1) is 11.3 Å². The van der Waals surface area contributed by atoms with E-state index in [-0.39, 0.29) is 0 Å². The lowest BCUT2D eigenvalue weighted by atomic mass is 9.70. The molecule has 1 aromatic carbocycles. The van der Waals surface area contributed by atoms with Gasteiger partial charge in [-0.2, -0.15) is 5.26 Å². The van der Waals surface area contributed by atoms with E-state index in [0.29, 0.717) is 5.41 Å². The number of nitrogens with one attached hydrogen (secondary N) is 1. The summed E-state index contributed by atoms with van der Waals surface area (Å²) >= 11 is 0. The largest absolute Gasteiger partial charge is 0.384 e. The average molecular weight is 270 g/mol. The van der Waals surface area contributed by atoms with Crippen molar-refractivity contribution < 1.29 is 0 Å². The van der Waals surface area contributed by atoms with Gasteiger partial charge >= 0.3 is 0 Å². The molecule has 2 rings (SSSR count). The highest BCUT2D eigenvalue weighted by Crippen LogP contribution is 2.39. The number of nitrogens with zero attached hydrogens (tertiary/aromatic N) is 1. The maximum absolute atomic E-state index is 9.09. The maximum atomic E-state index is 9.09. The molecule has 2 heteroatoms. The Hall–Kier alpha value is -1.49. The van der Waals surface area contributed by atoms with Crippen LogP contribution in [0.2, 0.25) is 0 Å². The summed E-state index contributed by atoms with van der Waals surface area (Å²) in [5, 5.41) is 12.6. The van der Waals surface area contributed by atoms with Crippen LogP contribution in [0, 0.1) is 28.6 Å². The Kier molecular flexibility index (Phi) is 4.70. The highest BCUT2D eigenvalue weighted by molar-refractivity contribution is 5.57. The summed E-state index contributed by atoms with van der Waals surface area (Å²) in [5.41, 5.74) is 2.18. The van der Waals surface area contributed by atoms with Crippen LogP contribution in [0.3, 0.4) is 0 Å². The Bertz CT molecular complexity index is 471. The molecule has 0 heterocycles. The van der Waals surface area contributed by atoms with Crippen molar-refractivity contribution in [2.45, 2.75) is 46.5 Å². The minimum atomic E-state index is 0.450. The third-order valence-corrected chi connectivity index (χ3v) is 4.70. The van der Waals surface area contributed by atoms with E-state index < -0.39 is 0 Å². The second kappa shape index (κ2) is 6.31. The summed E-state index contributed by atoms with van der Waals surface area (Å²) in [7, 11) is 0. The standard InChI is InChI=1S/C18H26N2/c1-18(2,3)16-10-8-14(9-11-16)13-20-17-7-5-4-6-15(17)12-19/h4-7,14,16,20H,8-11,13H2,1-3H3. The molecule has 0 amide bonds. The molecule has 0 unspecified atom stereocenters. The van der Waals surface area contributed by atoms with Gasteiger partial charge < -0.3 is 5.32 Å². The van der Waals surface area contributed by atoms with Crippen LogP contribution in [-0.4, -0.2) is 6.54 Å². The van der Waals surface area contributed by atoms with Crippen LogP contribution >= 0.6 is 0 Å². The van der Waals surface area contributed by atoms with Gasteiger partial charge in [0.2, 0.25) is 0 Å². The average Bonchev–Trinajstić information content (AvgIpc) is 2.45. The molecule has 0 spiro atoms. The fourth-order valence-electron chi connectivity index (χ4n) is 3.22. The number of rotatable bonds is 3. The van der Waals surface area contributed by atoms with Crippen molar-refractivity contribution in [1.82, 2.24) is 0 Å². The van der Waals surface area contributed by atoms with Crippen LogP contribution in [0.25, 0.3) is 0 Å². The second-order valence-corrected chi connectivity index (χ2v) is 7.12. The molecule has 1 aromatic rings. The summed E-state index contributed by atoms with van der Waals surface area (Å²) in [4.78, 5) is 0. The summed E-state index contributed by atoms with van der Waals surface area (Å²) in [5.74, 6) is 1.62. The van der Waals surface area contributed by atoms with Crippen molar-refractivity contribution in [3.8, 4) is 6.07 Å². The van der Waals surface area contributed by atoms with E-state index in [0.717, 1.165) is 29.6 Å². The molecular formula is C18H26N2. The Morgan fingerprint density at radius 3 is 2.40 bits per heavy atom. The number of para-hydroxylation sites is 1. The molecule has 1 N–H and O–H groups in total. The summed E-state index contributed by atoms with van der Waals surface area (Å²) in [6.07, 6.45) is 5.30. The number of hydrogen-bond acceptors (Lipinski definition) is 2. The molecule has 1 aliphatic rings. The molecule has 0 radical (unpaired) electrons. The molecule has 0 atom stereocenters. The molecule has 0 bridgehead atoms. The molecular weight excluding hydrogens is 244 g/mol. The molecule has 20 heavy (non-hydrogen) atoms. The van der Waals surface area contributed by atoms with Gasteiger partial charge in [-0.15, -0.1) is 0 Å². The zero-order chi connectivity index (χ0) is 14.6. The number of anilines is 1. The van der Waals surface area contributed by atoms with Crippen molar-refractivity contribution in [3.05, 3.63) is 29.8 Å². The first-order valence-electron chi connectivity index (χ1n) is 7.73. The Labute approximate surface area is 123 Å². The van der Waals surface area contributed by atoms with Crippen molar-refractivity contribution in [3.63, 3.8) is 0 Å². The van der Waals surface area contributed by atoms with Crippen molar-refractivity contribution in [1.29, 1.82) is 5.26 Å². The minimum absolute atomic E-state index is 0.450. The SMILES string of the molecule is CC(C)(C)C1CCC(CNc2ccccc2C#N)CC1. The fraction of sp³-hybridized carbons (Fsp3) is 0.611. The fourth-order valence-corrected chi connectivity index (χ4v) is 3.22. The maximum Gasteiger partial charge on any atom is 0.101 e. The Morgan fingerprint density at radius 2 is 1.80 bits per heavy atom. The molecule has 1 aliphatic carbocycles. The lowest BCUT2D eigenvalue weighted by molar-refractivity contribution is 0.153. The van der Waals surface area contributed by atoms with Crippen molar-refractivity contribution in [2.24, 2.45) is 17.3 Å². The van der Waals surface area contributed by atoms with Gasteiger partial charge in [-0.25, -0.2) is 0 Å². The predicted molar refractivity (Wildman–Crippen MR) is 84.5 cm³/mol. The van der Waals surface area contributed by atoms with Gasteiger partial charge in [0, 0.05) is 6.54 Å². The second-order valence-electron chi connectivity index (χ2n) is 7.12. The number of benzene rings is 1. The van der Waals surface area contributed by atoms with Crippen molar-refractivity contribution >= 4 is 5.69 Å². The van der Waals surface area contributed by atoms with Crippen LogP contribution in [0.15, 0.2) is 24.3 Å². The zero-order valence-electron chi connectivity index (χ0n) is 12.9. The molecule has 1 saturated carbocycles. The van der Waals surface area contributed by atoms with Crippen molar-refractivity contribution in [2.75, 3.05) is 11.9 Å². The smallest absolute Gasteiger partial charge is 0.101 e. The van der Waals surface area contributed by atoms with Gasteiger partial charge in [-0.3, -0.25) is 0 Å². The quantitative estimate of drug-likeness (QED) is 0.854. The summed E-state index contributed by atoms with van der Waals surface area (Å²) in [6.45, 7) is 8.08. The van der Waals surface area contributed by atoms with E-state index in [1.54, 1.807) is 0 Å². The topological polar surface area (TPSA) is 35.8 Å². The number of hydrogen-bond donors (Lipinski definition) is 1. The first-order valence-corrected chi connectivity index (χ1v) is 7.73. The molecule has 0 saturated heterocycles. The third-order valence-electron chi connectivity index (χ3n) is 4.70. The van der Waals surface area contributed by atoms with Crippen LogP contribution in [-0.2, 0) is 0 Å². The highest BCUT2D eigenvalue weighted by atomic mass is 14.9. The Balaban J connectivity index is 1.84. The lowest BCUT2D eigenvalue weighted by Gasteiger charge is -2.37. The molecule has 0 aliphatic heterocycles.